The molecule has 0 aliphatic heterocycles. The van der Waals surface area contributed by atoms with E-state index in [1.807, 2.05) is 0 Å². The zero-order valence-corrected chi connectivity index (χ0v) is 14.9. The minimum atomic E-state index is -0.656. The third-order valence-electron chi connectivity index (χ3n) is 3.32. The van der Waals surface area contributed by atoms with Crippen molar-refractivity contribution in [3.05, 3.63) is 70.0 Å². The Balaban J connectivity index is 1.68. The first-order valence-corrected chi connectivity index (χ1v) is 8.11. The Morgan fingerprint density at radius 1 is 1.00 bits per heavy atom. The molecule has 3 rings (SSSR count). The van der Waals surface area contributed by atoms with Gasteiger partial charge in [0.1, 0.15) is 11.0 Å². The molecule has 3 aromatic rings. The Bertz CT molecular complexity index is 954. The van der Waals surface area contributed by atoms with Gasteiger partial charge in [0.15, 0.2) is 0 Å². The molecule has 2 amide bonds. The Hall–Kier alpha value is -2.97. The molecule has 0 saturated carbocycles. The molecule has 2 heterocycles. The van der Waals surface area contributed by atoms with E-state index in [0.717, 1.165) is 0 Å². The fourth-order valence-electron chi connectivity index (χ4n) is 2.06. The van der Waals surface area contributed by atoms with Crippen molar-refractivity contribution in [2.75, 3.05) is 0 Å². The van der Waals surface area contributed by atoms with Gasteiger partial charge in [-0.05, 0) is 43.3 Å². The molecule has 10 heteroatoms. The summed E-state index contributed by atoms with van der Waals surface area (Å²) in [4.78, 5) is 32.0. The predicted molar refractivity (Wildman–Crippen MR) is 95.3 cm³/mol. The third-order valence-corrected chi connectivity index (χ3v) is 3.80. The van der Waals surface area contributed by atoms with Crippen molar-refractivity contribution in [2.24, 2.45) is 0 Å². The summed E-state index contributed by atoms with van der Waals surface area (Å²) in [5, 5.41) is 4.99. The van der Waals surface area contributed by atoms with Crippen LogP contribution in [0.15, 0.2) is 42.6 Å². The first-order chi connectivity index (χ1) is 12.4. The maximum atomic E-state index is 12.2. The fourth-order valence-corrected chi connectivity index (χ4v) is 2.30. The average molecular weight is 391 g/mol. The molecule has 0 aliphatic rings. The number of nitrogens with zero attached hydrogens (tertiary/aromatic N) is 4. The van der Waals surface area contributed by atoms with Crippen LogP contribution in [0.3, 0.4) is 0 Å². The van der Waals surface area contributed by atoms with Gasteiger partial charge in [-0.1, -0.05) is 23.2 Å². The number of hydrogen-bond donors (Lipinski definition) is 2. The molecular formula is C16H12Cl2N6O2. The van der Waals surface area contributed by atoms with Gasteiger partial charge in [-0.2, -0.15) is 0 Å². The lowest BCUT2D eigenvalue weighted by Gasteiger charge is -2.05. The van der Waals surface area contributed by atoms with Crippen LogP contribution >= 0.6 is 23.2 Å². The molecule has 0 atom stereocenters. The molecule has 0 radical (unpaired) electrons. The van der Waals surface area contributed by atoms with E-state index in [2.05, 4.69) is 25.9 Å². The lowest BCUT2D eigenvalue weighted by molar-refractivity contribution is 0.0840. The van der Waals surface area contributed by atoms with Gasteiger partial charge in [0.05, 0.1) is 11.3 Å². The number of nitrogens with one attached hydrogen (secondary N) is 2. The summed E-state index contributed by atoms with van der Waals surface area (Å²) in [6.45, 7) is 1.70. The Morgan fingerprint density at radius 2 is 1.69 bits per heavy atom. The summed E-state index contributed by atoms with van der Waals surface area (Å²) < 4.78 is 1.50. The highest BCUT2D eigenvalue weighted by atomic mass is 35.5. The highest BCUT2D eigenvalue weighted by Gasteiger charge is 2.16. The summed E-state index contributed by atoms with van der Waals surface area (Å²) in [6, 6.07) is 9.86. The Morgan fingerprint density at radius 3 is 2.35 bits per heavy atom. The van der Waals surface area contributed by atoms with Crippen LogP contribution in [0.25, 0.3) is 5.69 Å². The van der Waals surface area contributed by atoms with Gasteiger partial charge in [-0.15, -0.1) is 5.10 Å². The summed E-state index contributed by atoms with van der Waals surface area (Å²) in [7, 11) is 0. The predicted octanol–water partition coefficient (Wildman–Crippen LogP) is 2.35. The molecular weight excluding hydrogens is 379 g/mol. The van der Waals surface area contributed by atoms with E-state index in [4.69, 9.17) is 23.2 Å². The van der Waals surface area contributed by atoms with Crippen LogP contribution in [0, 0.1) is 6.92 Å². The van der Waals surface area contributed by atoms with E-state index in [9.17, 15) is 9.59 Å². The number of carbonyl (C=O) groups excluding carboxylic acids is 2. The van der Waals surface area contributed by atoms with Crippen LogP contribution < -0.4 is 10.9 Å². The molecule has 0 saturated heterocycles. The molecule has 8 nitrogen and oxygen atoms in total. The summed E-state index contributed by atoms with van der Waals surface area (Å²) in [5.74, 6) is -0.787. The number of pyridine rings is 1. The molecule has 2 N–H and O–H groups in total. The number of rotatable bonds is 3. The van der Waals surface area contributed by atoms with E-state index < -0.39 is 11.8 Å². The zero-order chi connectivity index (χ0) is 18.7. The highest BCUT2D eigenvalue weighted by Crippen LogP contribution is 2.14. The number of aromatic nitrogens is 4. The first-order valence-electron chi connectivity index (χ1n) is 7.36. The standard InChI is InChI=1S/C16H12Cl2N6O2/c1-9-20-14(23-24(9)12-5-3-11(17)4-6-12)16(26)22-21-15(25)10-2-7-13(18)19-8-10/h2-8H,1H3,(H,21,25)(H,22,26). The largest absolute Gasteiger partial charge is 0.309 e. The van der Waals surface area contributed by atoms with Crippen molar-refractivity contribution in [1.29, 1.82) is 0 Å². The SMILES string of the molecule is Cc1nc(C(=O)NNC(=O)c2ccc(Cl)nc2)nn1-c1ccc(Cl)cc1. The third kappa shape index (κ3) is 3.98. The van der Waals surface area contributed by atoms with Crippen molar-refractivity contribution < 1.29 is 9.59 Å². The smallest absolute Gasteiger partial charge is 0.267 e. The second-order valence-corrected chi connectivity index (χ2v) is 5.97. The van der Waals surface area contributed by atoms with Gasteiger partial charge >= 0.3 is 5.91 Å². The lowest BCUT2D eigenvalue weighted by Crippen LogP contribution is -2.42. The molecule has 26 heavy (non-hydrogen) atoms. The fraction of sp³-hybridized carbons (Fsp3) is 0.0625. The monoisotopic (exact) mass is 390 g/mol. The molecule has 0 unspecified atom stereocenters. The number of hydrogen-bond acceptors (Lipinski definition) is 5. The van der Waals surface area contributed by atoms with Gasteiger partial charge in [-0.3, -0.25) is 20.4 Å². The van der Waals surface area contributed by atoms with E-state index in [-0.39, 0.29) is 16.5 Å². The van der Waals surface area contributed by atoms with Crippen LogP contribution in [0.5, 0.6) is 0 Å². The Kier molecular flexibility index (Phi) is 5.15. The van der Waals surface area contributed by atoms with Crippen molar-refractivity contribution in [1.82, 2.24) is 30.6 Å². The van der Waals surface area contributed by atoms with E-state index in [0.29, 0.717) is 16.5 Å². The summed E-state index contributed by atoms with van der Waals surface area (Å²) in [5.41, 5.74) is 5.46. The van der Waals surface area contributed by atoms with Crippen molar-refractivity contribution in [3.8, 4) is 5.69 Å². The van der Waals surface area contributed by atoms with Crippen LogP contribution in [-0.4, -0.2) is 31.6 Å². The molecule has 132 valence electrons. The Labute approximate surface area is 158 Å². The van der Waals surface area contributed by atoms with E-state index in [1.54, 1.807) is 31.2 Å². The number of benzene rings is 1. The van der Waals surface area contributed by atoms with Gasteiger partial charge in [0.25, 0.3) is 5.91 Å². The second kappa shape index (κ2) is 7.51. The van der Waals surface area contributed by atoms with Crippen LogP contribution in [0.1, 0.15) is 26.8 Å². The molecule has 1 aromatic carbocycles. The summed E-state index contributed by atoms with van der Waals surface area (Å²) in [6.07, 6.45) is 1.29. The minimum Gasteiger partial charge on any atom is -0.267 e. The number of aryl methyl sites for hydroxylation is 1. The zero-order valence-electron chi connectivity index (χ0n) is 13.4. The second-order valence-electron chi connectivity index (χ2n) is 5.15. The van der Waals surface area contributed by atoms with E-state index >= 15 is 0 Å². The van der Waals surface area contributed by atoms with Gasteiger partial charge < -0.3 is 0 Å². The summed E-state index contributed by atoms with van der Waals surface area (Å²) >= 11 is 11.5. The van der Waals surface area contributed by atoms with Crippen LogP contribution in [0.2, 0.25) is 10.2 Å². The van der Waals surface area contributed by atoms with Crippen molar-refractivity contribution >= 4 is 35.0 Å². The molecule has 2 aromatic heterocycles. The maximum absolute atomic E-state index is 12.2. The van der Waals surface area contributed by atoms with Crippen molar-refractivity contribution in [3.63, 3.8) is 0 Å². The number of amides is 2. The molecule has 0 spiro atoms. The molecule has 0 bridgehead atoms. The number of carbonyl (C=O) groups is 2. The van der Waals surface area contributed by atoms with Gasteiger partial charge in [0.2, 0.25) is 5.82 Å². The normalized spacial score (nSPS) is 10.4. The lowest BCUT2D eigenvalue weighted by atomic mass is 10.3. The number of halogens is 2. The average Bonchev–Trinajstić information content (AvgIpc) is 3.02. The topological polar surface area (TPSA) is 102 Å². The van der Waals surface area contributed by atoms with E-state index in [1.165, 1.54) is 23.0 Å². The van der Waals surface area contributed by atoms with Gasteiger partial charge in [-0.25, -0.2) is 14.6 Å². The minimum absolute atomic E-state index is 0.0908. The van der Waals surface area contributed by atoms with Crippen LogP contribution in [-0.2, 0) is 0 Å². The van der Waals surface area contributed by atoms with Gasteiger partial charge in [0, 0.05) is 11.2 Å². The highest BCUT2D eigenvalue weighted by molar-refractivity contribution is 6.30. The molecule has 0 fully saturated rings. The van der Waals surface area contributed by atoms with Crippen molar-refractivity contribution in [2.45, 2.75) is 6.92 Å². The quantitative estimate of drug-likeness (QED) is 0.527. The first kappa shape index (κ1) is 17.8. The molecule has 0 aliphatic carbocycles. The maximum Gasteiger partial charge on any atom is 0.309 e. The van der Waals surface area contributed by atoms with Crippen LogP contribution in [0.4, 0.5) is 0 Å². The number of hydrazine groups is 1.